The van der Waals surface area contributed by atoms with Gasteiger partial charge in [-0.15, -0.1) is 11.3 Å². The fourth-order valence-corrected chi connectivity index (χ4v) is 3.45. The summed E-state index contributed by atoms with van der Waals surface area (Å²) in [6.07, 6.45) is 3.80. The van der Waals surface area contributed by atoms with E-state index in [0.717, 1.165) is 13.1 Å². The van der Waals surface area contributed by atoms with Gasteiger partial charge in [0.15, 0.2) is 5.13 Å². The van der Waals surface area contributed by atoms with Crippen molar-refractivity contribution in [3.05, 3.63) is 10.6 Å². The van der Waals surface area contributed by atoms with Gasteiger partial charge >= 0.3 is 0 Å². The van der Waals surface area contributed by atoms with E-state index >= 15 is 0 Å². The highest BCUT2D eigenvalue weighted by atomic mass is 32.1. The zero-order valence-corrected chi connectivity index (χ0v) is 11.9. The lowest BCUT2D eigenvalue weighted by atomic mass is 10.2. The zero-order valence-electron chi connectivity index (χ0n) is 11.1. The minimum Gasteiger partial charge on any atom is -0.345 e. The molecule has 1 saturated heterocycles. The summed E-state index contributed by atoms with van der Waals surface area (Å²) in [6.45, 7) is 9.87. The molecule has 1 aliphatic rings. The third-order valence-corrected chi connectivity index (χ3v) is 4.59. The summed E-state index contributed by atoms with van der Waals surface area (Å²) in [6, 6.07) is 0.664. The number of rotatable bonds is 5. The number of aryl methyl sites for hydroxylation is 1. The van der Waals surface area contributed by atoms with Crippen LogP contribution in [0.3, 0.4) is 0 Å². The van der Waals surface area contributed by atoms with E-state index in [-0.39, 0.29) is 0 Å². The van der Waals surface area contributed by atoms with E-state index in [4.69, 9.17) is 4.98 Å². The first-order valence-corrected chi connectivity index (χ1v) is 7.47. The molecule has 2 rings (SSSR count). The second-order valence-corrected chi connectivity index (χ2v) is 5.93. The van der Waals surface area contributed by atoms with E-state index in [1.807, 2.05) is 11.3 Å². The molecule has 0 bridgehead atoms. The second kappa shape index (κ2) is 5.83. The average Bonchev–Trinajstić information content (AvgIpc) is 2.86. The number of hydrogen-bond acceptors (Lipinski definition) is 4. The molecule has 2 heterocycles. The number of thiazole rings is 1. The van der Waals surface area contributed by atoms with Crippen molar-refractivity contribution in [2.24, 2.45) is 0 Å². The lowest BCUT2D eigenvalue weighted by Gasteiger charge is -2.19. The molecule has 1 atom stereocenters. The molecule has 4 heteroatoms. The predicted octanol–water partition coefficient (Wildman–Crippen LogP) is 2.94. The van der Waals surface area contributed by atoms with Gasteiger partial charge in [0, 0.05) is 24.0 Å². The minimum absolute atomic E-state index is 0.664. The number of nitrogens with zero attached hydrogens (tertiary/aromatic N) is 2. The van der Waals surface area contributed by atoms with Gasteiger partial charge in [-0.05, 0) is 39.7 Å². The standard InChI is InChI=1S/C13H23N3S/c1-4-7-14-9-12-11(3)15-13(17-12)16-8-5-6-10(16)2/h10,14H,4-9H2,1-3H3. The van der Waals surface area contributed by atoms with E-state index in [1.165, 1.54) is 41.5 Å². The number of anilines is 1. The van der Waals surface area contributed by atoms with Gasteiger partial charge in [-0.25, -0.2) is 4.98 Å². The van der Waals surface area contributed by atoms with Crippen LogP contribution in [0.5, 0.6) is 0 Å². The first-order valence-electron chi connectivity index (χ1n) is 6.66. The normalized spacial score (nSPS) is 20.2. The summed E-state index contributed by atoms with van der Waals surface area (Å²) in [7, 11) is 0. The molecule has 0 amide bonds. The molecule has 0 radical (unpaired) electrons. The Labute approximate surface area is 108 Å². The molecule has 17 heavy (non-hydrogen) atoms. The van der Waals surface area contributed by atoms with Crippen LogP contribution in [-0.4, -0.2) is 24.1 Å². The Morgan fingerprint density at radius 2 is 2.35 bits per heavy atom. The second-order valence-electron chi connectivity index (χ2n) is 4.87. The molecule has 96 valence electrons. The fraction of sp³-hybridized carbons (Fsp3) is 0.769. The number of aromatic nitrogens is 1. The van der Waals surface area contributed by atoms with Crippen LogP contribution in [0.25, 0.3) is 0 Å². The van der Waals surface area contributed by atoms with E-state index in [9.17, 15) is 0 Å². The topological polar surface area (TPSA) is 28.2 Å². The molecular formula is C13H23N3S. The highest BCUT2D eigenvalue weighted by Crippen LogP contribution is 2.31. The molecule has 0 aromatic carbocycles. The van der Waals surface area contributed by atoms with Gasteiger partial charge in [-0.2, -0.15) is 0 Å². The average molecular weight is 253 g/mol. The highest BCUT2D eigenvalue weighted by molar-refractivity contribution is 7.15. The summed E-state index contributed by atoms with van der Waals surface area (Å²) in [5.41, 5.74) is 1.20. The van der Waals surface area contributed by atoms with Gasteiger partial charge < -0.3 is 10.2 Å². The number of nitrogens with one attached hydrogen (secondary N) is 1. The van der Waals surface area contributed by atoms with Crippen molar-refractivity contribution in [1.82, 2.24) is 10.3 Å². The van der Waals surface area contributed by atoms with Crippen molar-refractivity contribution in [1.29, 1.82) is 0 Å². The molecule has 1 aliphatic heterocycles. The summed E-state index contributed by atoms with van der Waals surface area (Å²) in [5, 5.41) is 4.68. The Balaban J connectivity index is 2.02. The Hall–Kier alpha value is -0.610. The molecule has 0 saturated carbocycles. The SMILES string of the molecule is CCCNCc1sc(N2CCCC2C)nc1C. The minimum atomic E-state index is 0.664. The molecule has 1 unspecified atom stereocenters. The number of hydrogen-bond donors (Lipinski definition) is 1. The van der Waals surface area contributed by atoms with E-state index in [1.54, 1.807) is 0 Å². The van der Waals surface area contributed by atoms with Crippen molar-refractivity contribution in [3.63, 3.8) is 0 Å². The quantitative estimate of drug-likeness (QED) is 0.818. The van der Waals surface area contributed by atoms with Crippen LogP contribution in [0.1, 0.15) is 43.7 Å². The van der Waals surface area contributed by atoms with Crippen LogP contribution in [0.15, 0.2) is 0 Å². The van der Waals surface area contributed by atoms with Crippen molar-refractivity contribution in [2.45, 2.75) is 52.6 Å². The fourth-order valence-electron chi connectivity index (χ4n) is 2.30. The van der Waals surface area contributed by atoms with Crippen molar-refractivity contribution in [2.75, 3.05) is 18.0 Å². The third kappa shape index (κ3) is 2.99. The van der Waals surface area contributed by atoms with Crippen molar-refractivity contribution in [3.8, 4) is 0 Å². The van der Waals surface area contributed by atoms with Crippen LogP contribution in [0.4, 0.5) is 5.13 Å². The van der Waals surface area contributed by atoms with Crippen LogP contribution in [0, 0.1) is 6.92 Å². The zero-order chi connectivity index (χ0) is 12.3. The van der Waals surface area contributed by atoms with Crippen LogP contribution in [0.2, 0.25) is 0 Å². The summed E-state index contributed by atoms with van der Waals surface area (Å²) >= 11 is 1.86. The van der Waals surface area contributed by atoms with Crippen LogP contribution >= 0.6 is 11.3 Å². The Bertz CT molecular complexity index is 362. The van der Waals surface area contributed by atoms with E-state index < -0.39 is 0 Å². The maximum absolute atomic E-state index is 4.73. The monoisotopic (exact) mass is 253 g/mol. The molecule has 1 aromatic heterocycles. The summed E-state index contributed by atoms with van der Waals surface area (Å²) in [5.74, 6) is 0. The van der Waals surface area contributed by atoms with Crippen molar-refractivity contribution >= 4 is 16.5 Å². The Morgan fingerprint density at radius 1 is 1.53 bits per heavy atom. The van der Waals surface area contributed by atoms with E-state index in [0.29, 0.717) is 6.04 Å². The van der Waals surface area contributed by atoms with Gasteiger partial charge in [0.05, 0.1) is 5.69 Å². The van der Waals surface area contributed by atoms with Gasteiger partial charge in [0.2, 0.25) is 0 Å². The van der Waals surface area contributed by atoms with Crippen molar-refractivity contribution < 1.29 is 0 Å². The third-order valence-electron chi connectivity index (χ3n) is 3.39. The summed E-state index contributed by atoms with van der Waals surface area (Å²) < 4.78 is 0. The van der Waals surface area contributed by atoms with Crippen LogP contribution < -0.4 is 10.2 Å². The Morgan fingerprint density at radius 3 is 3.00 bits per heavy atom. The van der Waals surface area contributed by atoms with Gasteiger partial charge in [0.25, 0.3) is 0 Å². The molecule has 3 nitrogen and oxygen atoms in total. The maximum atomic E-state index is 4.73. The van der Waals surface area contributed by atoms with Gasteiger partial charge in [-0.1, -0.05) is 6.92 Å². The smallest absolute Gasteiger partial charge is 0.186 e. The largest absolute Gasteiger partial charge is 0.345 e. The van der Waals surface area contributed by atoms with Crippen LogP contribution in [-0.2, 0) is 6.54 Å². The molecule has 0 aliphatic carbocycles. The molecule has 1 N–H and O–H groups in total. The lowest BCUT2D eigenvalue weighted by Crippen LogP contribution is -2.25. The molecule has 1 aromatic rings. The summed E-state index contributed by atoms with van der Waals surface area (Å²) in [4.78, 5) is 8.58. The first-order chi connectivity index (χ1) is 8.22. The Kier molecular flexibility index (Phi) is 4.40. The maximum Gasteiger partial charge on any atom is 0.186 e. The molecular weight excluding hydrogens is 230 g/mol. The molecule has 0 spiro atoms. The van der Waals surface area contributed by atoms with E-state index in [2.05, 4.69) is 31.0 Å². The lowest BCUT2D eigenvalue weighted by molar-refractivity contribution is 0.678. The highest BCUT2D eigenvalue weighted by Gasteiger charge is 2.23. The van der Waals surface area contributed by atoms with Gasteiger partial charge in [0.1, 0.15) is 0 Å². The first kappa shape index (κ1) is 12.8. The predicted molar refractivity (Wildman–Crippen MR) is 74.9 cm³/mol. The molecule has 1 fully saturated rings. The van der Waals surface area contributed by atoms with Gasteiger partial charge in [-0.3, -0.25) is 0 Å².